The van der Waals surface area contributed by atoms with E-state index >= 15 is 0 Å². The Kier molecular flexibility index (Phi) is 4.06. The van der Waals surface area contributed by atoms with Crippen LogP contribution in [-0.2, 0) is 16.6 Å². The molecule has 0 spiro atoms. The number of nitrogen functional groups attached to an aromatic ring is 1. The molecule has 0 saturated heterocycles. The zero-order chi connectivity index (χ0) is 15.8. The highest BCUT2D eigenvalue weighted by molar-refractivity contribution is 7.89. The highest BCUT2D eigenvalue weighted by Crippen LogP contribution is 2.25. The Hall–Kier alpha value is -1.86. The summed E-state index contributed by atoms with van der Waals surface area (Å²) in [5, 5.41) is 0. The van der Waals surface area contributed by atoms with Crippen LogP contribution >= 0.6 is 0 Å². The first-order valence-electron chi connectivity index (χ1n) is 6.28. The lowest BCUT2D eigenvalue weighted by Gasteiger charge is -2.18. The van der Waals surface area contributed by atoms with Crippen LogP contribution in [0.25, 0.3) is 0 Å². The number of hydrogen-bond donors (Lipinski definition) is 1. The number of benzene rings is 1. The summed E-state index contributed by atoms with van der Waals surface area (Å²) in [7, 11) is -2.58. The van der Waals surface area contributed by atoms with Crippen molar-refractivity contribution in [2.75, 3.05) is 12.8 Å². The molecule has 2 aromatic rings. The van der Waals surface area contributed by atoms with Gasteiger partial charge in [0.1, 0.15) is 16.5 Å². The fourth-order valence-electron chi connectivity index (χ4n) is 1.93. The highest BCUT2D eigenvalue weighted by Gasteiger charge is 2.26. The highest BCUT2D eigenvalue weighted by atomic mass is 32.2. The molecule has 0 fully saturated rings. The van der Waals surface area contributed by atoms with Crippen LogP contribution in [-0.4, -0.2) is 19.8 Å². The van der Waals surface area contributed by atoms with Crippen molar-refractivity contribution in [3.05, 3.63) is 47.2 Å². The molecule has 0 radical (unpaired) electrons. The van der Waals surface area contributed by atoms with E-state index in [9.17, 15) is 12.8 Å². The molecule has 0 aliphatic rings. The van der Waals surface area contributed by atoms with Gasteiger partial charge in [0.15, 0.2) is 0 Å². The molecule has 0 aliphatic heterocycles. The number of nitrogens with zero attached hydrogens (tertiary/aromatic N) is 1. The number of nitrogens with two attached hydrogens (primary N) is 1. The average Bonchev–Trinajstić information content (AvgIpc) is 2.79. The van der Waals surface area contributed by atoms with Crippen molar-refractivity contribution >= 4 is 15.7 Å². The van der Waals surface area contributed by atoms with E-state index < -0.39 is 20.7 Å². The van der Waals surface area contributed by atoms with Crippen LogP contribution in [0.3, 0.4) is 0 Å². The molecular formula is C14H17FN2O3S. The van der Waals surface area contributed by atoms with Gasteiger partial charge < -0.3 is 10.2 Å². The average molecular weight is 312 g/mol. The first-order chi connectivity index (χ1) is 9.73. The van der Waals surface area contributed by atoms with Crippen LogP contribution in [0.2, 0.25) is 0 Å². The molecule has 21 heavy (non-hydrogen) atoms. The Bertz CT molecular complexity index is 769. The first-order valence-corrected chi connectivity index (χ1v) is 7.72. The van der Waals surface area contributed by atoms with Gasteiger partial charge in [0.25, 0.3) is 0 Å². The molecule has 114 valence electrons. The maximum absolute atomic E-state index is 14.0. The second kappa shape index (κ2) is 5.50. The topological polar surface area (TPSA) is 76.5 Å². The zero-order valence-electron chi connectivity index (χ0n) is 12.1. The van der Waals surface area contributed by atoms with Gasteiger partial charge in [0.2, 0.25) is 10.0 Å². The molecule has 1 heterocycles. The summed E-state index contributed by atoms with van der Waals surface area (Å²) >= 11 is 0. The Morgan fingerprint density at radius 2 is 2.00 bits per heavy atom. The quantitative estimate of drug-likeness (QED) is 0.880. The van der Waals surface area contributed by atoms with Crippen molar-refractivity contribution in [2.45, 2.75) is 25.3 Å². The fourth-order valence-corrected chi connectivity index (χ4v) is 3.16. The number of furan rings is 1. The monoisotopic (exact) mass is 312 g/mol. The molecule has 0 amide bonds. The van der Waals surface area contributed by atoms with Crippen LogP contribution in [0, 0.1) is 19.7 Å². The van der Waals surface area contributed by atoms with E-state index in [1.165, 1.54) is 13.3 Å². The van der Waals surface area contributed by atoms with Crippen molar-refractivity contribution < 1.29 is 17.2 Å². The third-order valence-electron chi connectivity index (χ3n) is 3.37. The summed E-state index contributed by atoms with van der Waals surface area (Å²) < 4.78 is 45.1. The summed E-state index contributed by atoms with van der Waals surface area (Å²) in [4.78, 5) is -0.422. The lowest BCUT2D eigenvalue weighted by molar-refractivity contribution is 0.453. The molecule has 7 heteroatoms. The smallest absolute Gasteiger partial charge is 0.246 e. The van der Waals surface area contributed by atoms with Crippen molar-refractivity contribution in [3.8, 4) is 0 Å². The lowest BCUT2D eigenvalue weighted by Crippen LogP contribution is -2.27. The number of rotatable bonds is 4. The van der Waals surface area contributed by atoms with Gasteiger partial charge in [-0.3, -0.25) is 0 Å². The molecule has 0 bridgehead atoms. The lowest BCUT2D eigenvalue weighted by atomic mass is 10.2. The molecule has 0 atom stereocenters. The second-order valence-corrected chi connectivity index (χ2v) is 6.92. The number of aryl methyl sites for hydroxylation is 2. The summed E-state index contributed by atoms with van der Waals surface area (Å²) in [6.45, 7) is 3.45. The Morgan fingerprint density at radius 3 is 2.57 bits per heavy atom. The molecule has 1 aromatic carbocycles. The van der Waals surface area contributed by atoms with Crippen LogP contribution in [0.5, 0.6) is 0 Å². The molecule has 1 aromatic heterocycles. The maximum atomic E-state index is 14.0. The van der Waals surface area contributed by atoms with Gasteiger partial charge in [0, 0.05) is 24.8 Å². The van der Waals surface area contributed by atoms with Crippen LogP contribution in [0.4, 0.5) is 10.1 Å². The van der Waals surface area contributed by atoms with Gasteiger partial charge in [-0.05, 0) is 37.6 Å². The Balaban J connectivity index is 2.38. The number of halogens is 1. The standard InChI is InChI=1S/C14H17FN2O3S/c1-9-6-12(15)14(7-13(9)16)21(18,19)17(3)8-11-4-5-20-10(11)2/h4-7H,8,16H2,1-3H3. The van der Waals surface area contributed by atoms with Crippen molar-refractivity contribution in [1.82, 2.24) is 4.31 Å². The minimum absolute atomic E-state index is 0.0951. The van der Waals surface area contributed by atoms with Crippen LogP contribution in [0.1, 0.15) is 16.9 Å². The van der Waals surface area contributed by atoms with Crippen LogP contribution < -0.4 is 5.73 Å². The molecule has 0 unspecified atom stereocenters. The van der Waals surface area contributed by atoms with Gasteiger partial charge in [-0.1, -0.05) is 0 Å². The summed E-state index contributed by atoms with van der Waals surface area (Å²) in [5.41, 5.74) is 7.14. The van der Waals surface area contributed by atoms with E-state index in [1.54, 1.807) is 19.9 Å². The minimum atomic E-state index is -3.97. The van der Waals surface area contributed by atoms with Crippen molar-refractivity contribution in [3.63, 3.8) is 0 Å². The van der Waals surface area contributed by atoms with Gasteiger partial charge in [0.05, 0.1) is 6.26 Å². The Labute approximate surface area is 123 Å². The third kappa shape index (κ3) is 2.93. The minimum Gasteiger partial charge on any atom is -0.469 e. The van der Waals surface area contributed by atoms with Gasteiger partial charge in [-0.25, -0.2) is 12.8 Å². The first kappa shape index (κ1) is 15.5. The van der Waals surface area contributed by atoms with Gasteiger partial charge in [-0.15, -0.1) is 0 Å². The summed E-state index contributed by atoms with van der Waals surface area (Å²) in [5.74, 6) is -0.182. The molecular weight excluding hydrogens is 295 g/mol. The molecule has 2 rings (SSSR count). The van der Waals surface area contributed by atoms with E-state index in [4.69, 9.17) is 10.2 Å². The Morgan fingerprint density at radius 1 is 1.33 bits per heavy atom. The van der Waals surface area contributed by atoms with E-state index in [0.717, 1.165) is 22.0 Å². The predicted octanol–water partition coefficient (Wildman–Crippen LogP) is 2.44. The van der Waals surface area contributed by atoms with E-state index in [1.807, 2.05) is 0 Å². The van der Waals surface area contributed by atoms with Gasteiger partial charge >= 0.3 is 0 Å². The van der Waals surface area contributed by atoms with Crippen molar-refractivity contribution in [1.29, 1.82) is 0 Å². The van der Waals surface area contributed by atoms with Gasteiger partial charge in [-0.2, -0.15) is 4.31 Å². The fraction of sp³-hybridized carbons (Fsp3) is 0.286. The van der Waals surface area contributed by atoms with E-state index in [-0.39, 0.29) is 12.2 Å². The van der Waals surface area contributed by atoms with E-state index in [2.05, 4.69) is 0 Å². The van der Waals surface area contributed by atoms with Crippen molar-refractivity contribution in [2.24, 2.45) is 0 Å². The molecule has 0 aliphatic carbocycles. The SMILES string of the molecule is Cc1cc(F)c(S(=O)(=O)N(C)Cc2ccoc2C)cc1N. The normalized spacial score (nSPS) is 12.0. The number of sulfonamides is 1. The number of anilines is 1. The molecule has 2 N–H and O–H groups in total. The predicted molar refractivity (Wildman–Crippen MR) is 77.6 cm³/mol. The summed E-state index contributed by atoms with van der Waals surface area (Å²) in [6.07, 6.45) is 1.48. The molecule has 5 nitrogen and oxygen atoms in total. The number of hydrogen-bond acceptors (Lipinski definition) is 4. The third-order valence-corrected chi connectivity index (χ3v) is 5.19. The maximum Gasteiger partial charge on any atom is 0.246 e. The second-order valence-electron chi connectivity index (χ2n) is 4.90. The summed E-state index contributed by atoms with van der Waals surface area (Å²) in [6, 6.07) is 3.96. The molecule has 0 saturated carbocycles. The van der Waals surface area contributed by atoms with Crippen LogP contribution in [0.15, 0.2) is 33.8 Å². The zero-order valence-corrected chi connectivity index (χ0v) is 12.9. The van der Waals surface area contributed by atoms with E-state index in [0.29, 0.717) is 11.3 Å². The largest absolute Gasteiger partial charge is 0.469 e.